The second kappa shape index (κ2) is 11.7. The Labute approximate surface area is 285 Å². The van der Waals surface area contributed by atoms with Gasteiger partial charge in [0.05, 0.1) is 29.8 Å². The Morgan fingerprint density at radius 3 is 2.30 bits per heavy atom. The van der Waals surface area contributed by atoms with E-state index in [0.717, 1.165) is 62.8 Å². The monoisotopic (exact) mass is 673 g/mol. The molecular weight excluding hydrogens is 614 g/mol. The molecule has 3 N–H and O–H groups in total. The number of esters is 1. The van der Waals surface area contributed by atoms with Crippen molar-refractivity contribution in [1.82, 2.24) is 10.2 Å². The third kappa shape index (κ3) is 5.69. The lowest BCUT2D eigenvalue weighted by Crippen LogP contribution is -2.66. The zero-order valence-corrected chi connectivity index (χ0v) is 31.0. The summed E-state index contributed by atoms with van der Waals surface area (Å²) in [5, 5.41) is 34.7. The molecule has 1 saturated heterocycles. The number of carbonyl (C=O) groups is 2. The zero-order chi connectivity index (χ0) is 34.4. The molecule has 2 heterocycles. The van der Waals surface area contributed by atoms with Gasteiger partial charge in [0, 0.05) is 11.8 Å². The summed E-state index contributed by atoms with van der Waals surface area (Å²) in [5.74, 6) is 0.584. The number of amides is 1. The van der Waals surface area contributed by atoms with Crippen molar-refractivity contribution in [3.63, 3.8) is 0 Å². The van der Waals surface area contributed by atoms with E-state index in [-0.39, 0.29) is 76.0 Å². The van der Waals surface area contributed by atoms with Crippen LogP contribution in [0.3, 0.4) is 0 Å². The Morgan fingerprint density at radius 1 is 0.957 bits per heavy atom. The third-order valence-electron chi connectivity index (χ3n) is 14.8. The summed E-state index contributed by atoms with van der Waals surface area (Å²) in [6.45, 7) is 19.8. The molecule has 11 atom stereocenters. The molecule has 0 radical (unpaired) electrons. The van der Waals surface area contributed by atoms with E-state index in [1.165, 1.54) is 11.3 Å². The van der Waals surface area contributed by atoms with E-state index in [1.807, 2.05) is 20.8 Å². The normalized spacial score (nSPS) is 44.3. The maximum atomic E-state index is 13.0. The Morgan fingerprint density at radius 2 is 1.66 bits per heavy atom. The lowest BCUT2D eigenvalue weighted by molar-refractivity contribution is -0.251. The molecule has 5 fully saturated rings. The highest BCUT2D eigenvalue weighted by Crippen LogP contribution is 2.76. The first-order valence-electron chi connectivity index (χ1n) is 18.1. The summed E-state index contributed by atoms with van der Waals surface area (Å²) in [7, 11) is 0. The zero-order valence-electron chi connectivity index (χ0n) is 30.1. The molecule has 264 valence electrons. The molecular formula is C37H59N3O6S. The second-order valence-electron chi connectivity index (χ2n) is 18.1. The third-order valence-corrected chi connectivity index (χ3v) is 15.6. The number of aromatic nitrogens is 2. The van der Waals surface area contributed by atoms with Crippen LogP contribution in [0.25, 0.3) is 0 Å². The number of carbonyl (C=O) groups excluding carboxylic acids is 2. The van der Waals surface area contributed by atoms with E-state index in [1.54, 1.807) is 0 Å². The summed E-state index contributed by atoms with van der Waals surface area (Å²) in [6, 6.07) is 0. The van der Waals surface area contributed by atoms with Crippen molar-refractivity contribution in [2.24, 2.45) is 45.3 Å². The predicted octanol–water partition coefficient (Wildman–Crippen LogP) is 6.84. The van der Waals surface area contributed by atoms with Crippen molar-refractivity contribution in [1.29, 1.82) is 0 Å². The van der Waals surface area contributed by atoms with Crippen molar-refractivity contribution in [3.8, 4) is 0 Å². The molecule has 47 heavy (non-hydrogen) atoms. The van der Waals surface area contributed by atoms with E-state index in [0.29, 0.717) is 17.0 Å². The Kier molecular flexibility index (Phi) is 8.79. The first kappa shape index (κ1) is 35.2. The highest BCUT2D eigenvalue weighted by molar-refractivity contribution is 7.15. The van der Waals surface area contributed by atoms with E-state index in [9.17, 15) is 19.8 Å². The summed E-state index contributed by atoms with van der Waals surface area (Å²) >= 11 is 1.31. The Balaban J connectivity index is 1.15. The van der Waals surface area contributed by atoms with Crippen LogP contribution in [-0.4, -0.2) is 61.8 Å². The summed E-state index contributed by atoms with van der Waals surface area (Å²) < 4.78 is 12.9. The number of aryl methyl sites for hydroxylation is 1. The molecule has 5 aliphatic rings. The highest BCUT2D eigenvalue weighted by Gasteiger charge is 2.72. The first-order chi connectivity index (χ1) is 21.7. The maximum absolute atomic E-state index is 13.0. The standard InChI is InChI=1S/C37H59N3O6S/c1-21-39-40-31(47-21)38-28(42)10-11-29(43)45-26-14-16-34(6)24(32(26,2)3)13-18-35(7)25(34)20-23(41)30-22(12-17-36(30,35)8)37(9)19-15-27(46-37)33(4,5)44/h22-27,30,41,44H,10-20H2,1-9H3,(H,38,40,42)/t22?,23-,24+,25-,26+,27-,30+,34+,35-,36-,37+/m1/s1. The van der Waals surface area contributed by atoms with Gasteiger partial charge in [-0.3, -0.25) is 9.59 Å². The van der Waals surface area contributed by atoms with Crippen molar-refractivity contribution < 1.29 is 29.3 Å². The van der Waals surface area contributed by atoms with Crippen LogP contribution in [0.4, 0.5) is 5.13 Å². The van der Waals surface area contributed by atoms with Crippen molar-refractivity contribution >= 4 is 28.3 Å². The largest absolute Gasteiger partial charge is 0.462 e. The highest BCUT2D eigenvalue weighted by atomic mass is 32.1. The fraction of sp³-hybridized carbons (Fsp3) is 0.892. The number of hydrogen-bond donors (Lipinski definition) is 3. The molecule has 4 saturated carbocycles. The molecule has 0 aromatic carbocycles. The second-order valence-corrected chi connectivity index (χ2v) is 19.3. The number of hydrogen-bond acceptors (Lipinski definition) is 9. The van der Waals surface area contributed by atoms with Gasteiger partial charge in [-0.05, 0) is 125 Å². The van der Waals surface area contributed by atoms with E-state index in [2.05, 4.69) is 57.1 Å². The number of rotatable bonds is 7. The van der Waals surface area contributed by atoms with Crippen LogP contribution < -0.4 is 5.32 Å². The van der Waals surface area contributed by atoms with Crippen molar-refractivity contribution in [2.45, 2.75) is 162 Å². The lowest BCUT2D eigenvalue weighted by Gasteiger charge is -2.70. The number of ether oxygens (including phenoxy) is 2. The fourth-order valence-electron chi connectivity index (χ4n) is 12.2. The minimum Gasteiger partial charge on any atom is -0.462 e. The number of anilines is 1. The minimum atomic E-state index is -0.872. The van der Waals surface area contributed by atoms with Crippen molar-refractivity contribution in [2.75, 3.05) is 5.32 Å². The summed E-state index contributed by atoms with van der Waals surface area (Å²) in [6.07, 6.45) is 7.96. The smallest absolute Gasteiger partial charge is 0.306 e. The number of nitrogens with zero attached hydrogens (tertiary/aromatic N) is 2. The van der Waals surface area contributed by atoms with Gasteiger partial charge in [-0.1, -0.05) is 46.0 Å². The molecule has 1 unspecified atom stereocenters. The number of nitrogens with one attached hydrogen (secondary N) is 1. The van der Waals surface area contributed by atoms with Crippen molar-refractivity contribution in [3.05, 3.63) is 5.01 Å². The van der Waals surface area contributed by atoms with Gasteiger partial charge in [-0.15, -0.1) is 10.2 Å². The average Bonchev–Trinajstić information content (AvgIpc) is 3.68. The molecule has 10 heteroatoms. The van der Waals surface area contributed by atoms with Gasteiger partial charge in [0.2, 0.25) is 11.0 Å². The summed E-state index contributed by atoms with van der Waals surface area (Å²) in [4.78, 5) is 25.5. The predicted molar refractivity (Wildman–Crippen MR) is 182 cm³/mol. The molecule has 0 spiro atoms. The van der Waals surface area contributed by atoms with Gasteiger partial charge in [-0.2, -0.15) is 0 Å². The van der Waals surface area contributed by atoms with Gasteiger partial charge in [0.25, 0.3) is 0 Å². The topological polar surface area (TPSA) is 131 Å². The van der Waals surface area contributed by atoms with Crippen LogP contribution in [-0.2, 0) is 19.1 Å². The molecule has 1 aromatic rings. The molecule has 6 rings (SSSR count). The Hall–Kier alpha value is -1.62. The molecule has 1 aliphatic heterocycles. The SMILES string of the molecule is Cc1nnc(NC(=O)CCC(=O)O[C@H]2CC[C@]3(C)[C@H]4C[C@@H](O)[C@@H]5C([C@]6(C)CC[C@H](C(C)(C)O)O6)CC[C@@]5(C)[C@]4(C)CC[C@H]3C2(C)C)s1. The number of fused-ring (bicyclic) bond motifs is 5. The lowest BCUT2D eigenvalue weighted by atomic mass is 9.35. The maximum Gasteiger partial charge on any atom is 0.306 e. The van der Waals surface area contributed by atoms with Gasteiger partial charge < -0.3 is 25.0 Å². The molecule has 0 bridgehead atoms. The number of aliphatic hydroxyl groups is 2. The quantitative estimate of drug-likeness (QED) is 0.268. The minimum absolute atomic E-state index is 0.00537. The van der Waals surface area contributed by atoms with Gasteiger partial charge >= 0.3 is 5.97 Å². The van der Waals surface area contributed by atoms with Crippen LogP contribution in [0.5, 0.6) is 0 Å². The molecule has 1 aromatic heterocycles. The van der Waals surface area contributed by atoms with Gasteiger partial charge in [0.1, 0.15) is 11.1 Å². The first-order valence-corrected chi connectivity index (χ1v) is 18.9. The fourth-order valence-corrected chi connectivity index (χ4v) is 12.8. The molecule has 9 nitrogen and oxygen atoms in total. The van der Waals surface area contributed by atoms with Crippen LogP contribution in [0.2, 0.25) is 0 Å². The summed E-state index contributed by atoms with van der Waals surface area (Å²) in [5.41, 5.74) is -1.34. The van der Waals surface area contributed by atoms with Gasteiger partial charge in [0.15, 0.2) is 0 Å². The van der Waals surface area contributed by atoms with Crippen LogP contribution in [0.15, 0.2) is 0 Å². The van der Waals surface area contributed by atoms with Crippen LogP contribution in [0, 0.1) is 52.3 Å². The Bertz CT molecular complexity index is 1380. The molecule has 4 aliphatic carbocycles. The van der Waals surface area contributed by atoms with Crippen LogP contribution in [0.1, 0.15) is 131 Å². The van der Waals surface area contributed by atoms with E-state index >= 15 is 0 Å². The molecule has 1 amide bonds. The average molecular weight is 674 g/mol. The van der Waals surface area contributed by atoms with Gasteiger partial charge in [-0.25, -0.2) is 0 Å². The van der Waals surface area contributed by atoms with E-state index < -0.39 is 11.7 Å². The van der Waals surface area contributed by atoms with Crippen LogP contribution >= 0.6 is 11.3 Å². The number of aliphatic hydroxyl groups excluding tert-OH is 1. The van der Waals surface area contributed by atoms with E-state index in [4.69, 9.17) is 9.47 Å².